The summed E-state index contributed by atoms with van der Waals surface area (Å²) in [4.78, 5) is 11.2. The van der Waals surface area contributed by atoms with Crippen LogP contribution in [0.4, 0.5) is 0 Å². The predicted molar refractivity (Wildman–Crippen MR) is 41.8 cm³/mol. The fourth-order valence-corrected chi connectivity index (χ4v) is 1.59. The second-order valence-corrected chi connectivity index (χ2v) is 4.03. The van der Waals surface area contributed by atoms with Crippen LogP contribution in [0.1, 0.15) is 40.0 Å². The lowest BCUT2D eigenvalue weighted by Gasteiger charge is -2.34. The fraction of sp³-hybridized carbons (Fsp3) is 0.889. The summed E-state index contributed by atoms with van der Waals surface area (Å²) in [5.74, 6) is 0.734. The Morgan fingerprint density at radius 3 is 2.50 bits per heavy atom. The number of Topliss-reactive ketones (excluding diaryl/α,β-unsaturated/α-hetero) is 1. The zero-order valence-corrected chi connectivity index (χ0v) is 7.11. The van der Waals surface area contributed by atoms with Crippen LogP contribution in [0, 0.1) is 11.3 Å². The van der Waals surface area contributed by atoms with Gasteiger partial charge in [-0.1, -0.05) is 20.8 Å². The Bertz CT molecular complexity index is 147. The van der Waals surface area contributed by atoms with Gasteiger partial charge < -0.3 is 0 Å². The highest BCUT2D eigenvalue weighted by Crippen LogP contribution is 2.37. The van der Waals surface area contributed by atoms with E-state index in [4.69, 9.17) is 0 Å². The van der Waals surface area contributed by atoms with E-state index in [-0.39, 0.29) is 11.3 Å². The molecule has 0 aliphatic heterocycles. The molecule has 1 aliphatic carbocycles. The molecule has 0 saturated heterocycles. The minimum absolute atomic E-state index is 0.259. The third-order valence-electron chi connectivity index (χ3n) is 2.90. The van der Waals surface area contributed by atoms with E-state index >= 15 is 0 Å². The van der Waals surface area contributed by atoms with E-state index in [2.05, 4.69) is 20.8 Å². The van der Waals surface area contributed by atoms with E-state index in [0.29, 0.717) is 5.78 Å². The first kappa shape index (κ1) is 7.77. The Kier molecular flexibility index (Phi) is 1.84. The molecule has 58 valence electrons. The van der Waals surface area contributed by atoms with E-state index < -0.39 is 0 Å². The maximum absolute atomic E-state index is 11.2. The van der Waals surface area contributed by atoms with Gasteiger partial charge in [0.05, 0.1) is 0 Å². The van der Waals surface area contributed by atoms with Crippen molar-refractivity contribution in [3.8, 4) is 0 Å². The lowest BCUT2D eigenvalue weighted by atomic mass is 9.69. The van der Waals surface area contributed by atoms with Crippen molar-refractivity contribution in [1.82, 2.24) is 0 Å². The van der Waals surface area contributed by atoms with Crippen LogP contribution < -0.4 is 0 Å². The van der Waals surface area contributed by atoms with E-state index in [1.165, 1.54) is 6.42 Å². The lowest BCUT2D eigenvalue weighted by molar-refractivity contribution is -0.128. The molecule has 0 bridgehead atoms. The number of hydrogen-bond donors (Lipinski definition) is 0. The van der Waals surface area contributed by atoms with Gasteiger partial charge in [0.2, 0.25) is 0 Å². The van der Waals surface area contributed by atoms with Gasteiger partial charge in [0.1, 0.15) is 5.78 Å². The first-order chi connectivity index (χ1) is 4.54. The molecular formula is C9H16O. The minimum Gasteiger partial charge on any atom is -0.299 e. The highest BCUT2D eigenvalue weighted by molar-refractivity contribution is 5.82. The fourth-order valence-electron chi connectivity index (χ4n) is 1.59. The Balaban J connectivity index is 2.69. The normalized spacial score (nSPS) is 32.3. The maximum atomic E-state index is 11.2. The molecule has 0 radical (unpaired) electrons. The molecule has 1 fully saturated rings. The summed E-state index contributed by atoms with van der Waals surface area (Å²) >= 11 is 0. The van der Waals surface area contributed by atoms with Crippen LogP contribution in [-0.4, -0.2) is 5.78 Å². The molecule has 10 heavy (non-hydrogen) atoms. The van der Waals surface area contributed by atoms with Gasteiger partial charge in [-0.2, -0.15) is 0 Å². The number of rotatable bonds is 0. The smallest absolute Gasteiger partial charge is 0.136 e. The molecule has 0 amide bonds. The topological polar surface area (TPSA) is 17.1 Å². The zero-order valence-electron chi connectivity index (χ0n) is 7.11. The van der Waals surface area contributed by atoms with Crippen molar-refractivity contribution in [2.45, 2.75) is 40.0 Å². The van der Waals surface area contributed by atoms with Crippen molar-refractivity contribution in [2.75, 3.05) is 0 Å². The van der Waals surface area contributed by atoms with Gasteiger partial charge in [0.25, 0.3) is 0 Å². The van der Waals surface area contributed by atoms with E-state index in [9.17, 15) is 4.79 Å². The molecule has 0 heterocycles. The number of carbonyl (C=O) groups is 1. The van der Waals surface area contributed by atoms with Gasteiger partial charge in [0, 0.05) is 12.3 Å². The largest absolute Gasteiger partial charge is 0.299 e. The molecule has 1 aliphatic rings. The third kappa shape index (κ3) is 1.23. The van der Waals surface area contributed by atoms with E-state index in [1.807, 2.05) is 0 Å². The minimum atomic E-state index is 0.259. The number of carbonyl (C=O) groups excluding carboxylic acids is 1. The lowest BCUT2D eigenvalue weighted by Crippen LogP contribution is -2.32. The molecule has 0 N–H and O–H groups in total. The quantitative estimate of drug-likeness (QED) is 0.505. The molecule has 1 heteroatoms. The summed E-state index contributed by atoms with van der Waals surface area (Å²) in [6, 6.07) is 0. The number of ketones is 1. The molecule has 1 rings (SSSR count). The summed E-state index contributed by atoms with van der Waals surface area (Å²) in [5, 5.41) is 0. The summed E-state index contributed by atoms with van der Waals surface area (Å²) in [6.45, 7) is 6.44. The van der Waals surface area contributed by atoms with Gasteiger partial charge in [-0.3, -0.25) is 4.79 Å². The van der Waals surface area contributed by atoms with Crippen LogP contribution in [0.5, 0.6) is 0 Å². The van der Waals surface area contributed by atoms with E-state index in [0.717, 1.165) is 12.8 Å². The van der Waals surface area contributed by atoms with Crippen LogP contribution in [0.25, 0.3) is 0 Å². The molecule has 1 atom stereocenters. The van der Waals surface area contributed by atoms with Crippen molar-refractivity contribution in [2.24, 2.45) is 11.3 Å². The zero-order chi connectivity index (χ0) is 7.78. The van der Waals surface area contributed by atoms with Gasteiger partial charge >= 0.3 is 0 Å². The van der Waals surface area contributed by atoms with Gasteiger partial charge in [-0.05, 0) is 18.3 Å². The first-order valence-corrected chi connectivity index (χ1v) is 4.07. The molecule has 0 aromatic carbocycles. The molecule has 0 aromatic rings. The monoisotopic (exact) mass is 140 g/mol. The van der Waals surface area contributed by atoms with Crippen molar-refractivity contribution < 1.29 is 4.79 Å². The Labute approximate surface area is 62.8 Å². The van der Waals surface area contributed by atoms with Crippen molar-refractivity contribution in [1.29, 1.82) is 0 Å². The second-order valence-electron chi connectivity index (χ2n) is 4.03. The molecular weight excluding hydrogens is 124 g/mol. The van der Waals surface area contributed by atoms with Crippen LogP contribution in [-0.2, 0) is 4.79 Å². The maximum Gasteiger partial charge on any atom is 0.136 e. The average Bonchev–Trinajstić information content (AvgIpc) is 1.83. The third-order valence-corrected chi connectivity index (χ3v) is 2.90. The van der Waals surface area contributed by atoms with Crippen molar-refractivity contribution >= 4 is 5.78 Å². The SMILES string of the molecule is CC1C(=O)CCCC1(C)C. The van der Waals surface area contributed by atoms with Crippen LogP contribution >= 0.6 is 0 Å². The summed E-state index contributed by atoms with van der Waals surface area (Å²) in [7, 11) is 0. The molecule has 1 nitrogen and oxygen atoms in total. The highest BCUT2D eigenvalue weighted by atomic mass is 16.1. The average molecular weight is 140 g/mol. The van der Waals surface area contributed by atoms with Gasteiger partial charge in [0.15, 0.2) is 0 Å². The molecule has 1 saturated carbocycles. The summed E-state index contributed by atoms with van der Waals surface area (Å²) < 4.78 is 0. The van der Waals surface area contributed by atoms with Crippen LogP contribution in [0.2, 0.25) is 0 Å². The van der Waals surface area contributed by atoms with Gasteiger partial charge in [-0.15, -0.1) is 0 Å². The Morgan fingerprint density at radius 1 is 1.50 bits per heavy atom. The van der Waals surface area contributed by atoms with Crippen LogP contribution in [0.15, 0.2) is 0 Å². The van der Waals surface area contributed by atoms with Crippen LogP contribution in [0.3, 0.4) is 0 Å². The first-order valence-electron chi connectivity index (χ1n) is 4.07. The van der Waals surface area contributed by atoms with E-state index in [1.54, 1.807) is 0 Å². The Hall–Kier alpha value is -0.330. The van der Waals surface area contributed by atoms with Crippen molar-refractivity contribution in [3.63, 3.8) is 0 Å². The highest BCUT2D eigenvalue weighted by Gasteiger charge is 2.34. The van der Waals surface area contributed by atoms with Gasteiger partial charge in [-0.25, -0.2) is 0 Å². The summed E-state index contributed by atoms with van der Waals surface area (Å²) in [5.41, 5.74) is 0.259. The molecule has 0 aromatic heterocycles. The Morgan fingerprint density at radius 2 is 2.10 bits per heavy atom. The standard InChI is InChI=1S/C9H16O/c1-7-8(10)5-4-6-9(7,2)3/h7H,4-6H2,1-3H3. The number of hydrogen-bond acceptors (Lipinski definition) is 1. The summed E-state index contributed by atoms with van der Waals surface area (Å²) in [6.07, 6.45) is 3.11. The predicted octanol–water partition coefficient (Wildman–Crippen LogP) is 2.40. The molecule has 1 unspecified atom stereocenters. The second kappa shape index (κ2) is 2.37. The molecule has 0 spiro atoms. The van der Waals surface area contributed by atoms with Crippen molar-refractivity contribution in [3.05, 3.63) is 0 Å².